The van der Waals surface area contributed by atoms with Crippen LogP contribution in [0.5, 0.6) is 0 Å². The standard InChI is InChI=1S/C15H18BrN3O2/c1-3-14(17-2)11-6-7-18(9-11)10-12-4-5-13(16)8-15(12)19(20)21/h4-9,14,17H,3,10H2,1-2H3. The topological polar surface area (TPSA) is 60.1 Å². The van der Waals surface area contributed by atoms with Gasteiger partial charge in [-0.3, -0.25) is 10.1 Å². The van der Waals surface area contributed by atoms with Gasteiger partial charge >= 0.3 is 0 Å². The average molecular weight is 352 g/mol. The second-order valence-electron chi connectivity index (χ2n) is 4.90. The maximum Gasteiger partial charge on any atom is 0.275 e. The minimum Gasteiger partial charge on any atom is -0.349 e. The number of nitro benzene ring substituents is 1. The van der Waals surface area contributed by atoms with Crippen LogP contribution in [-0.2, 0) is 6.54 Å². The molecule has 0 aliphatic heterocycles. The van der Waals surface area contributed by atoms with Crippen LogP contribution in [0.3, 0.4) is 0 Å². The molecule has 1 aromatic carbocycles. The predicted molar refractivity (Wildman–Crippen MR) is 86.4 cm³/mol. The molecule has 0 aliphatic rings. The van der Waals surface area contributed by atoms with E-state index in [9.17, 15) is 10.1 Å². The van der Waals surface area contributed by atoms with Gasteiger partial charge < -0.3 is 9.88 Å². The van der Waals surface area contributed by atoms with Crippen LogP contribution in [-0.4, -0.2) is 16.5 Å². The van der Waals surface area contributed by atoms with E-state index in [1.165, 1.54) is 5.56 Å². The molecule has 0 bridgehead atoms. The van der Waals surface area contributed by atoms with Gasteiger partial charge in [-0.25, -0.2) is 0 Å². The van der Waals surface area contributed by atoms with Crippen LogP contribution < -0.4 is 5.32 Å². The van der Waals surface area contributed by atoms with Gasteiger partial charge in [0.05, 0.1) is 11.5 Å². The van der Waals surface area contributed by atoms with Gasteiger partial charge in [0.2, 0.25) is 0 Å². The molecule has 1 N–H and O–H groups in total. The Bertz CT molecular complexity index is 636. The zero-order chi connectivity index (χ0) is 15.4. The first-order chi connectivity index (χ1) is 10.0. The molecule has 1 unspecified atom stereocenters. The number of hydrogen-bond acceptors (Lipinski definition) is 3. The normalized spacial score (nSPS) is 12.3. The number of nitrogens with zero attached hydrogens (tertiary/aromatic N) is 2. The fourth-order valence-electron chi connectivity index (χ4n) is 2.41. The number of rotatable bonds is 6. The minimum atomic E-state index is -0.340. The van der Waals surface area contributed by atoms with Crippen molar-refractivity contribution in [2.75, 3.05) is 7.05 Å². The van der Waals surface area contributed by atoms with Crippen LogP contribution in [0.25, 0.3) is 0 Å². The summed E-state index contributed by atoms with van der Waals surface area (Å²) in [5, 5.41) is 14.4. The SMILES string of the molecule is CCC(NC)c1ccn(Cc2ccc(Br)cc2[N+](=O)[O-])c1. The van der Waals surface area contributed by atoms with Crippen molar-refractivity contribution < 1.29 is 4.92 Å². The van der Waals surface area contributed by atoms with Crippen LogP contribution in [0.1, 0.15) is 30.5 Å². The van der Waals surface area contributed by atoms with E-state index >= 15 is 0 Å². The summed E-state index contributed by atoms with van der Waals surface area (Å²) < 4.78 is 2.69. The van der Waals surface area contributed by atoms with Gasteiger partial charge in [0.1, 0.15) is 0 Å². The van der Waals surface area contributed by atoms with Gasteiger partial charge in [0.25, 0.3) is 5.69 Å². The number of hydrogen-bond donors (Lipinski definition) is 1. The molecule has 0 aliphatic carbocycles. The largest absolute Gasteiger partial charge is 0.349 e. The van der Waals surface area contributed by atoms with Gasteiger partial charge in [-0.1, -0.05) is 22.9 Å². The number of nitrogens with one attached hydrogen (secondary N) is 1. The number of benzene rings is 1. The predicted octanol–water partition coefficient (Wildman–Crippen LogP) is 3.88. The molecule has 21 heavy (non-hydrogen) atoms. The van der Waals surface area contributed by atoms with Crippen LogP contribution >= 0.6 is 15.9 Å². The summed E-state index contributed by atoms with van der Waals surface area (Å²) in [6.07, 6.45) is 5.00. The van der Waals surface area contributed by atoms with Gasteiger partial charge in [0, 0.05) is 34.5 Å². The first kappa shape index (κ1) is 15.7. The molecule has 1 aromatic heterocycles. The molecule has 5 nitrogen and oxygen atoms in total. The Morgan fingerprint density at radius 3 is 2.81 bits per heavy atom. The van der Waals surface area contributed by atoms with Crippen LogP contribution in [0.4, 0.5) is 5.69 Å². The van der Waals surface area contributed by atoms with E-state index in [-0.39, 0.29) is 10.6 Å². The van der Waals surface area contributed by atoms with Crippen molar-refractivity contribution in [2.45, 2.75) is 25.9 Å². The first-order valence-electron chi connectivity index (χ1n) is 6.81. The van der Waals surface area contributed by atoms with E-state index in [2.05, 4.69) is 34.2 Å². The summed E-state index contributed by atoms with van der Waals surface area (Å²) in [6, 6.07) is 7.52. The van der Waals surface area contributed by atoms with Gasteiger partial charge in [0.15, 0.2) is 0 Å². The molecule has 6 heteroatoms. The summed E-state index contributed by atoms with van der Waals surface area (Å²) in [5.74, 6) is 0. The van der Waals surface area contributed by atoms with E-state index in [0.717, 1.165) is 6.42 Å². The summed E-state index contributed by atoms with van der Waals surface area (Å²) in [7, 11) is 1.94. The third-order valence-electron chi connectivity index (χ3n) is 3.53. The third-order valence-corrected chi connectivity index (χ3v) is 4.02. The molecule has 2 rings (SSSR count). The highest BCUT2D eigenvalue weighted by atomic mass is 79.9. The highest BCUT2D eigenvalue weighted by molar-refractivity contribution is 9.10. The Morgan fingerprint density at radius 1 is 1.43 bits per heavy atom. The Labute approximate surface area is 132 Å². The minimum absolute atomic E-state index is 0.139. The highest BCUT2D eigenvalue weighted by Crippen LogP contribution is 2.25. The lowest BCUT2D eigenvalue weighted by Gasteiger charge is -2.11. The Hall–Kier alpha value is -1.66. The lowest BCUT2D eigenvalue weighted by Crippen LogP contribution is -2.14. The molecular weight excluding hydrogens is 334 g/mol. The average Bonchev–Trinajstić information content (AvgIpc) is 2.90. The lowest BCUT2D eigenvalue weighted by molar-refractivity contribution is -0.385. The maximum absolute atomic E-state index is 11.1. The smallest absolute Gasteiger partial charge is 0.275 e. The Kier molecular flexibility index (Phi) is 5.14. The van der Waals surface area contributed by atoms with Gasteiger partial charge in [-0.05, 0) is 37.2 Å². The number of nitro groups is 1. The second kappa shape index (κ2) is 6.87. The summed E-state index contributed by atoms with van der Waals surface area (Å²) in [4.78, 5) is 10.8. The molecular formula is C15H18BrN3O2. The molecule has 0 spiro atoms. The molecule has 112 valence electrons. The van der Waals surface area contributed by atoms with Crippen molar-refractivity contribution in [2.24, 2.45) is 0 Å². The lowest BCUT2D eigenvalue weighted by atomic mass is 10.1. The van der Waals surface area contributed by atoms with Crippen molar-refractivity contribution >= 4 is 21.6 Å². The number of aromatic nitrogens is 1. The summed E-state index contributed by atoms with van der Waals surface area (Å²) >= 11 is 3.27. The molecule has 1 atom stereocenters. The molecule has 1 heterocycles. The summed E-state index contributed by atoms with van der Waals surface area (Å²) in [6.45, 7) is 2.61. The Balaban J connectivity index is 2.25. The van der Waals surface area contributed by atoms with E-state index in [0.29, 0.717) is 22.6 Å². The van der Waals surface area contributed by atoms with Gasteiger partial charge in [-0.2, -0.15) is 0 Å². The molecule has 0 radical (unpaired) electrons. The molecule has 0 amide bonds. The van der Waals surface area contributed by atoms with Crippen molar-refractivity contribution in [1.82, 2.24) is 9.88 Å². The third kappa shape index (κ3) is 3.71. The fraction of sp³-hybridized carbons (Fsp3) is 0.333. The Morgan fingerprint density at radius 2 is 2.19 bits per heavy atom. The van der Waals surface area contributed by atoms with Crippen molar-refractivity contribution in [3.8, 4) is 0 Å². The summed E-state index contributed by atoms with van der Waals surface area (Å²) in [5.41, 5.74) is 2.03. The van der Waals surface area contributed by atoms with E-state index in [1.807, 2.05) is 30.1 Å². The van der Waals surface area contributed by atoms with Crippen molar-refractivity contribution in [3.05, 3.63) is 62.4 Å². The van der Waals surface area contributed by atoms with E-state index in [1.54, 1.807) is 12.1 Å². The fourth-order valence-corrected chi connectivity index (χ4v) is 2.76. The first-order valence-corrected chi connectivity index (χ1v) is 7.60. The molecule has 2 aromatic rings. The van der Waals surface area contributed by atoms with Crippen molar-refractivity contribution in [3.63, 3.8) is 0 Å². The van der Waals surface area contributed by atoms with Crippen LogP contribution in [0.2, 0.25) is 0 Å². The van der Waals surface area contributed by atoms with Gasteiger partial charge in [-0.15, -0.1) is 0 Å². The monoisotopic (exact) mass is 351 g/mol. The zero-order valence-corrected chi connectivity index (χ0v) is 13.6. The molecule has 0 fully saturated rings. The zero-order valence-electron chi connectivity index (χ0n) is 12.0. The highest BCUT2D eigenvalue weighted by Gasteiger charge is 2.15. The van der Waals surface area contributed by atoms with Crippen LogP contribution in [0.15, 0.2) is 41.1 Å². The van der Waals surface area contributed by atoms with E-state index < -0.39 is 0 Å². The maximum atomic E-state index is 11.1. The quantitative estimate of drug-likeness (QED) is 0.634. The second-order valence-corrected chi connectivity index (χ2v) is 5.81. The van der Waals surface area contributed by atoms with Crippen molar-refractivity contribution in [1.29, 1.82) is 0 Å². The van der Waals surface area contributed by atoms with Crippen LogP contribution in [0, 0.1) is 10.1 Å². The molecule has 0 saturated heterocycles. The van der Waals surface area contributed by atoms with E-state index in [4.69, 9.17) is 0 Å². The number of halogens is 1. The molecule has 0 saturated carbocycles.